The molecule has 0 aliphatic heterocycles. The lowest BCUT2D eigenvalue weighted by atomic mass is 9.87. The van der Waals surface area contributed by atoms with E-state index in [0.717, 1.165) is 12.8 Å². The monoisotopic (exact) mass is 283 g/mol. The van der Waals surface area contributed by atoms with E-state index in [1.54, 1.807) is 27.7 Å². The summed E-state index contributed by atoms with van der Waals surface area (Å²) < 4.78 is 5.14. The van der Waals surface area contributed by atoms with Crippen LogP contribution < -0.4 is 5.32 Å². The van der Waals surface area contributed by atoms with Crippen molar-refractivity contribution in [1.82, 2.24) is 5.32 Å². The number of hydrogen-bond acceptors (Lipinski definition) is 3. The van der Waals surface area contributed by atoms with Gasteiger partial charge in [-0.15, -0.1) is 12.3 Å². The van der Waals surface area contributed by atoms with E-state index in [2.05, 4.69) is 11.2 Å². The Kier molecular flexibility index (Phi) is 7.75. The molecule has 5 heteroatoms. The fourth-order valence-electron chi connectivity index (χ4n) is 1.70. The lowest BCUT2D eigenvalue weighted by molar-refractivity contribution is -0.142. The fraction of sp³-hybridized carbons (Fsp3) is 0.733. The molecule has 5 nitrogen and oxygen atoms in total. The summed E-state index contributed by atoms with van der Waals surface area (Å²) >= 11 is 0. The number of hydrogen-bond donors (Lipinski definition) is 2. The van der Waals surface area contributed by atoms with Crippen molar-refractivity contribution in [2.45, 2.75) is 65.5 Å². The maximum Gasteiger partial charge on any atom is 0.408 e. The van der Waals surface area contributed by atoms with Gasteiger partial charge in [-0.2, -0.15) is 0 Å². The van der Waals surface area contributed by atoms with Gasteiger partial charge in [0.15, 0.2) is 0 Å². The van der Waals surface area contributed by atoms with Gasteiger partial charge in [-0.05, 0) is 31.6 Å². The van der Waals surface area contributed by atoms with E-state index in [1.807, 2.05) is 0 Å². The molecule has 0 unspecified atom stereocenters. The van der Waals surface area contributed by atoms with Crippen molar-refractivity contribution in [3.05, 3.63) is 0 Å². The average molecular weight is 283 g/mol. The van der Waals surface area contributed by atoms with E-state index in [9.17, 15) is 9.59 Å². The number of unbranched alkanes of at least 4 members (excludes halogenated alkanes) is 2. The smallest absolute Gasteiger partial charge is 0.408 e. The van der Waals surface area contributed by atoms with E-state index in [4.69, 9.17) is 16.3 Å². The van der Waals surface area contributed by atoms with Crippen molar-refractivity contribution in [3.63, 3.8) is 0 Å². The van der Waals surface area contributed by atoms with Crippen molar-refractivity contribution in [3.8, 4) is 12.3 Å². The molecule has 0 aromatic carbocycles. The number of amides is 1. The van der Waals surface area contributed by atoms with Crippen LogP contribution in [0.1, 0.15) is 53.4 Å². The molecule has 0 aliphatic rings. The second kappa shape index (κ2) is 8.47. The van der Waals surface area contributed by atoms with Gasteiger partial charge in [0.25, 0.3) is 0 Å². The van der Waals surface area contributed by atoms with E-state index >= 15 is 0 Å². The molecule has 2 N–H and O–H groups in total. The molecule has 0 spiro atoms. The highest BCUT2D eigenvalue weighted by Crippen LogP contribution is 2.19. The predicted octanol–water partition coefficient (Wildman–Crippen LogP) is 2.79. The summed E-state index contributed by atoms with van der Waals surface area (Å²) in [6, 6.07) is -0.983. The second-order valence-electron chi connectivity index (χ2n) is 5.95. The SMILES string of the molecule is C#CCCCC[C@H](C)OC(=O)N[C@H](C(=O)O)C(C)(C)C. The lowest BCUT2D eigenvalue weighted by Crippen LogP contribution is -2.49. The molecule has 0 heterocycles. The molecule has 0 fully saturated rings. The van der Waals surface area contributed by atoms with Gasteiger partial charge < -0.3 is 15.2 Å². The molecule has 0 aromatic heterocycles. The number of nitrogens with one attached hydrogen (secondary N) is 1. The molecule has 2 atom stereocenters. The molecule has 0 rings (SSSR count). The third-order valence-corrected chi connectivity index (χ3v) is 2.87. The van der Waals surface area contributed by atoms with Gasteiger partial charge in [0, 0.05) is 6.42 Å². The second-order valence-corrected chi connectivity index (χ2v) is 5.95. The molecular weight excluding hydrogens is 258 g/mol. The van der Waals surface area contributed by atoms with Gasteiger partial charge in [-0.1, -0.05) is 20.8 Å². The Morgan fingerprint density at radius 1 is 1.35 bits per heavy atom. The third-order valence-electron chi connectivity index (χ3n) is 2.87. The summed E-state index contributed by atoms with van der Waals surface area (Å²) in [5.74, 6) is 1.48. The summed E-state index contributed by atoms with van der Waals surface area (Å²) in [7, 11) is 0. The maximum absolute atomic E-state index is 11.7. The Morgan fingerprint density at radius 2 is 1.95 bits per heavy atom. The zero-order valence-electron chi connectivity index (χ0n) is 12.7. The van der Waals surface area contributed by atoms with E-state index in [-0.39, 0.29) is 6.10 Å². The van der Waals surface area contributed by atoms with Gasteiger partial charge in [0.05, 0.1) is 0 Å². The number of carboxylic acid groups (broad SMARTS) is 1. The first-order chi connectivity index (χ1) is 9.18. The summed E-state index contributed by atoms with van der Waals surface area (Å²) in [6.07, 6.45) is 7.38. The van der Waals surface area contributed by atoms with Crippen LogP contribution in [0, 0.1) is 17.8 Å². The molecule has 0 aromatic rings. The number of rotatable bonds is 7. The summed E-state index contributed by atoms with van der Waals surface area (Å²) in [4.78, 5) is 22.8. The predicted molar refractivity (Wildman–Crippen MR) is 77.3 cm³/mol. The van der Waals surface area contributed by atoms with Crippen LogP contribution >= 0.6 is 0 Å². The maximum atomic E-state index is 11.7. The Hall–Kier alpha value is -1.70. The minimum atomic E-state index is -1.07. The molecule has 0 saturated carbocycles. The average Bonchev–Trinajstić information content (AvgIpc) is 2.30. The van der Waals surface area contributed by atoms with E-state index < -0.39 is 23.5 Å². The number of terminal acetylenes is 1. The zero-order chi connectivity index (χ0) is 15.8. The van der Waals surface area contributed by atoms with Crippen molar-refractivity contribution in [2.75, 3.05) is 0 Å². The highest BCUT2D eigenvalue weighted by Gasteiger charge is 2.33. The molecule has 0 bridgehead atoms. The Balaban J connectivity index is 4.20. The van der Waals surface area contributed by atoms with E-state index in [1.165, 1.54) is 0 Å². The summed E-state index contributed by atoms with van der Waals surface area (Å²) in [6.45, 7) is 7.02. The number of carboxylic acids is 1. The van der Waals surface area contributed by atoms with Crippen LogP contribution in [0.25, 0.3) is 0 Å². The van der Waals surface area contributed by atoms with Crippen LogP contribution in [0.15, 0.2) is 0 Å². The molecule has 0 saturated heterocycles. The number of carbonyl (C=O) groups is 2. The van der Waals surface area contributed by atoms with Gasteiger partial charge in [-0.3, -0.25) is 0 Å². The fourth-order valence-corrected chi connectivity index (χ4v) is 1.70. The lowest BCUT2D eigenvalue weighted by Gasteiger charge is -2.28. The Labute approximate surface area is 121 Å². The normalized spacial score (nSPS) is 13.9. The van der Waals surface area contributed by atoms with Crippen LogP contribution in [0.4, 0.5) is 4.79 Å². The molecule has 1 amide bonds. The van der Waals surface area contributed by atoms with Gasteiger partial charge in [-0.25, -0.2) is 9.59 Å². The minimum absolute atomic E-state index is 0.262. The number of alkyl carbamates (subject to hydrolysis) is 1. The van der Waals surface area contributed by atoms with Crippen molar-refractivity contribution in [1.29, 1.82) is 0 Å². The standard InChI is InChI=1S/C15H25NO4/c1-6-7-8-9-10-11(2)20-14(19)16-12(13(17)18)15(3,4)5/h1,11-12H,7-10H2,2-5H3,(H,16,19)(H,17,18)/t11-,12+/m0/s1. The van der Waals surface area contributed by atoms with Crippen LogP contribution in [0.3, 0.4) is 0 Å². The van der Waals surface area contributed by atoms with Crippen LogP contribution in [-0.4, -0.2) is 29.3 Å². The number of aliphatic carboxylic acids is 1. The quantitative estimate of drug-likeness (QED) is 0.556. The third kappa shape index (κ3) is 7.67. The number of ether oxygens (including phenoxy) is 1. The Bertz CT molecular complexity index is 365. The largest absolute Gasteiger partial charge is 0.480 e. The first-order valence-electron chi connectivity index (χ1n) is 6.82. The molecule has 0 aliphatic carbocycles. The Morgan fingerprint density at radius 3 is 2.40 bits per heavy atom. The van der Waals surface area contributed by atoms with Gasteiger partial charge >= 0.3 is 12.1 Å². The molecule has 114 valence electrons. The molecular formula is C15H25NO4. The highest BCUT2D eigenvalue weighted by atomic mass is 16.6. The van der Waals surface area contributed by atoms with Crippen LogP contribution in [-0.2, 0) is 9.53 Å². The minimum Gasteiger partial charge on any atom is -0.480 e. The molecule has 20 heavy (non-hydrogen) atoms. The topological polar surface area (TPSA) is 75.6 Å². The van der Waals surface area contributed by atoms with Crippen molar-refractivity contribution >= 4 is 12.1 Å². The van der Waals surface area contributed by atoms with Gasteiger partial charge in [0.2, 0.25) is 0 Å². The van der Waals surface area contributed by atoms with Crippen molar-refractivity contribution in [2.24, 2.45) is 5.41 Å². The first kappa shape index (κ1) is 18.3. The number of carbonyl (C=O) groups excluding carboxylic acids is 1. The van der Waals surface area contributed by atoms with Crippen molar-refractivity contribution < 1.29 is 19.4 Å². The van der Waals surface area contributed by atoms with E-state index in [0.29, 0.717) is 12.8 Å². The highest BCUT2D eigenvalue weighted by molar-refractivity contribution is 5.80. The first-order valence-corrected chi connectivity index (χ1v) is 6.82. The van der Waals surface area contributed by atoms with Crippen LogP contribution in [0.2, 0.25) is 0 Å². The summed E-state index contributed by atoms with van der Waals surface area (Å²) in [5.41, 5.74) is -0.582. The zero-order valence-corrected chi connectivity index (χ0v) is 12.7. The summed E-state index contributed by atoms with van der Waals surface area (Å²) in [5, 5.41) is 11.5. The van der Waals surface area contributed by atoms with Gasteiger partial charge in [0.1, 0.15) is 12.1 Å². The molecule has 0 radical (unpaired) electrons. The van der Waals surface area contributed by atoms with Crippen LogP contribution in [0.5, 0.6) is 0 Å².